The number of aromatic nitrogens is 5. The van der Waals surface area contributed by atoms with E-state index in [-0.39, 0.29) is 11.8 Å². The zero-order valence-corrected chi connectivity index (χ0v) is 15.5. The zero-order chi connectivity index (χ0) is 17.8. The highest BCUT2D eigenvalue weighted by atomic mass is 32.1. The first-order valence-corrected chi connectivity index (χ1v) is 9.20. The fraction of sp³-hybridized carbons (Fsp3) is 0.471. The van der Waals surface area contributed by atoms with E-state index in [1.54, 1.807) is 21.8 Å². The molecular weight excluding hydrogens is 336 g/mol. The number of aryl methyl sites for hydroxylation is 1. The lowest BCUT2D eigenvalue weighted by Gasteiger charge is -2.16. The molecule has 3 aromatic heterocycles. The molecule has 0 aromatic carbocycles. The molecule has 0 fully saturated rings. The first-order valence-electron chi connectivity index (χ1n) is 8.38. The Balaban J connectivity index is 1.53. The summed E-state index contributed by atoms with van der Waals surface area (Å²) in [6.45, 7) is 4.83. The Hall–Kier alpha value is -2.35. The molecule has 132 valence electrons. The second-order valence-corrected chi connectivity index (χ2v) is 7.36. The van der Waals surface area contributed by atoms with E-state index in [0.717, 1.165) is 22.2 Å². The summed E-state index contributed by atoms with van der Waals surface area (Å²) in [5.41, 5.74) is 1.18. The molecule has 0 saturated carbocycles. The van der Waals surface area contributed by atoms with Crippen LogP contribution in [0.4, 0.5) is 0 Å². The van der Waals surface area contributed by atoms with E-state index in [1.807, 2.05) is 19.2 Å². The van der Waals surface area contributed by atoms with Gasteiger partial charge in [-0.15, -0.1) is 10.2 Å². The molecule has 0 aliphatic carbocycles. The van der Waals surface area contributed by atoms with Gasteiger partial charge >= 0.3 is 0 Å². The van der Waals surface area contributed by atoms with Gasteiger partial charge in [0.1, 0.15) is 5.01 Å². The molecule has 8 heteroatoms. The number of fused-ring (bicyclic) bond motifs is 1. The van der Waals surface area contributed by atoms with Crippen LogP contribution in [0.2, 0.25) is 0 Å². The molecule has 0 atom stereocenters. The molecule has 0 bridgehead atoms. The Kier molecular flexibility index (Phi) is 5.37. The Labute approximate surface area is 150 Å². The average molecular weight is 358 g/mol. The second-order valence-electron chi connectivity index (χ2n) is 6.32. The summed E-state index contributed by atoms with van der Waals surface area (Å²) in [5.74, 6) is 1.26. The zero-order valence-electron chi connectivity index (χ0n) is 14.7. The van der Waals surface area contributed by atoms with E-state index in [2.05, 4.69) is 34.1 Å². The lowest BCUT2D eigenvalue weighted by Crippen LogP contribution is -2.29. The third kappa shape index (κ3) is 4.19. The Morgan fingerprint density at radius 1 is 1.24 bits per heavy atom. The van der Waals surface area contributed by atoms with Crippen LogP contribution in [0.25, 0.3) is 4.96 Å². The van der Waals surface area contributed by atoms with Gasteiger partial charge in [-0.25, -0.2) is 0 Å². The highest BCUT2D eigenvalue weighted by molar-refractivity contribution is 7.16. The molecule has 0 spiro atoms. The van der Waals surface area contributed by atoms with E-state index in [4.69, 9.17) is 0 Å². The molecule has 0 unspecified atom stereocenters. The number of likely N-dealkylation sites (N-methyl/N-ethyl adjacent to an activating group) is 1. The fourth-order valence-corrected chi connectivity index (χ4v) is 3.35. The SMILES string of the molecule is CC(C)c1nnc2sc(CCC(=O)N(C)CCc3ccncc3)nn12. The normalized spacial score (nSPS) is 11.4. The van der Waals surface area contributed by atoms with E-state index >= 15 is 0 Å². The summed E-state index contributed by atoms with van der Waals surface area (Å²) in [5, 5.41) is 13.8. The summed E-state index contributed by atoms with van der Waals surface area (Å²) in [6.07, 6.45) is 5.46. The molecule has 1 amide bonds. The van der Waals surface area contributed by atoms with Crippen molar-refractivity contribution in [2.45, 2.75) is 39.0 Å². The third-order valence-electron chi connectivity index (χ3n) is 4.04. The van der Waals surface area contributed by atoms with Crippen molar-refractivity contribution >= 4 is 22.2 Å². The molecule has 3 heterocycles. The van der Waals surface area contributed by atoms with Gasteiger partial charge in [0.2, 0.25) is 10.9 Å². The van der Waals surface area contributed by atoms with Crippen LogP contribution < -0.4 is 0 Å². The highest BCUT2D eigenvalue weighted by Crippen LogP contribution is 2.19. The van der Waals surface area contributed by atoms with E-state index in [9.17, 15) is 4.79 Å². The van der Waals surface area contributed by atoms with Crippen molar-refractivity contribution in [1.82, 2.24) is 29.7 Å². The summed E-state index contributed by atoms with van der Waals surface area (Å²) >= 11 is 1.50. The van der Waals surface area contributed by atoms with Crippen LogP contribution in [0.15, 0.2) is 24.5 Å². The van der Waals surface area contributed by atoms with Crippen LogP contribution in [-0.2, 0) is 17.6 Å². The number of rotatable bonds is 7. The number of pyridine rings is 1. The first-order chi connectivity index (χ1) is 12.0. The minimum absolute atomic E-state index is 0.129. The molecule has 7 nitrogen and oxygen atoms in total. The van der Waals surface area contributed by atoms with Gasteiger partial charge in [0, 0.05) is 44.7 Å². The number of hydrogen-bond acceptors (Lipinski definition) is 6. The topological polar surface area (TPSA) is 76.3 Å². The Morgan fingerprint density at radius 2 is 2.00 bits per heavy atom. The molecule has 0 aliphatic rings. The van der Waals surface area contributed by atoms with Crippen LogP contribution in [0.5, 0.6) is 0 Å². The first kappa shape index (κ1) is 17.5. The number of hydrogen-bond donors (Lipinski definition) is 0. The Bertz CT molecular complexity index is 841. The maximum atomic E-state index is 12.3. The smallest absolute Gasteiger partial charge is 0.234 e. The van der Waals surface area contributed by atoms with Crippen LogP contribution >= 0.6 is 11.3 Å². The van der Waals surface area contributed by atoms with Crippen molar-refractivity contribution < 1.29 is 4.79 Å². The second kappa shape index (κ2) is 7.69. The minimum Gasteiger partial charge on any atom is -0.345 e. The molecule has 3 aromatic rings. The number of carbonyl (C=O) groups is 1. The van der Waals surface area contributed by atoms with Crippen LogP contribution in [0.3, 0.4) is 0 Å². The lowest BCUT2D eigenvalue weighted by atomic mass is 10.2. The molecular formula is C17H22N6OS. The predicted molar refractivity (Wildman–Crippen MR) is 96.6 cm³/mol. The van der Waals surface area contributed by atoms with E-state index in [0.29, 0.717) is 19.4 Å². The van der Waals surface area contributed by atoms with Gasteiger partial charge in [-0.05, 0) is 24.1 Å². The van der Waals surface area contributed by atoms with Crippen LogP contribution in [-0.4, -0.2) is 49.2 Å². The standard InChI is InChI=1S/C17H22N6OS/c1-12(2)16-19-20-17-23(16)21-14(25-17)4-5-15(24)22(3)11-8-13-6-9-18-10-7-13/h6-7,9-10,12H,4-5,8,11H2,1-3H3. The molecule has 0 N–H and O–H groups in total. The largest absolute Gasteiger partial charge is 0.345 e. The van der Waals surface area contributed by atoms with Crippen molar-refractivity contribution in [2.24, 2.45) is 0 Å². The van der Waals surface area contributed by atoms with Gasteiger partial charge in [0.05, 0.1) is 0 Å². The summed E-state index contributed by atoms with van der Waals surface area (Å²) < 4.78 is 1.79. The van der Waals surface area contributed by atoms with E-state index < -0.39 is 0 Å². The van der Waals surface area contributed by atoms with Gasteiger partial charge in [0.15, 0.2) is 5.82 Å². The average Bonchev–Trinajstić information content (AvgIpc) is 3.18. The summed E-state index contributed by atoms with van der Waals surface area (Å²) in [7, 11) is 1.85. The molecule has 0 aliphatic heterocycles. The number of carbonyl (C=O) groups excluding carboxylic acids is 1. The third-order valence-corrected chi connectivity index (χ3v) is 5.00. The van der Waals surface area contributed by atoms with Gasteiger partial charge in [-0.3, -0.25) is 9.78 Å². The van der Waals surface area contributed by atoms with Crippen LogP contribution in [0, 0.1) is 0 Å². The van der Waals surface area contributed by atoms with Crippen molar-refractivity contribution in [1.29, 1.82) is 0 Å². The predicted octanol–water partition coefficient (Wildman–Crippen LogP) is 2.34. The highest BCUT2D eigenvalue weighted by Gasteiger charge is 2.15. The fourth-order valence-electron chi connectivity index (χ4n) is 2.51. The molecule has 25 heavy (non-hydrogen) atoms. The number of nitrogens with zero attached hydrogens (tertiary/aromatic N) is 6. The molecule has 0 saturated heterocycles. The van der Waals surface area contributed by atoms with Gasteiger partial charge in [0.25, 0.3) is 0 Å². The van der Waals surface area contributed by atoms with Crippen molar-refractivity contribution in [3.05, 3.63) is 40.9 Å². The summed E-state index contributed by atoms with van der Waals surface area (Å²) in [6, 6.07) is 3.95. The maximum absolute atomic E-state index is 12.3. The monoisotopic (exact) mass is 358 g/mol. The van der Waals surface area contributed by atoms with Gasteiger partial charge in [-0.1, -0.05) is 25.2 Å². The van der Waals surface area contributed by atoms with Crippen molar-refractivity contribution in [2.75, 3.05) is 13.6 Å². The maximum Gasteiger partial charge on any atom is 0.234 e. The molecule has 0 radical (unpaired) electrons. The quantitative estimate of drug-likeness (QED) is 0.648. The Morgan fingerprint density at radius 3 is 2.72 bits per heavy atom. The minimum atomic E-state index is 0.129. The van der Waals surface area contributed by atoms with Gasteiger partial charge < -0.3 is 4.90 Å². The summed E-state index contributed by atoms with van der Waals surface area (Å²) in [4.78, 5) is 18.9. The number of amides is 1. The lowest BCUT2D eigenvalue weighted by molar-refractivity contribution is -0.129. The van der Waals surface area contributed by atoms with Crippen LogP contribution in [0.1, 0.15) is 42.6 Å². The van der Waals surface area contributed by atoms with Gasteiger partial charge in [-0.2, -0.15) is 9.61 Å². The van der Waals surface area contributed by atoms with Crippen molar-refractivity contribution in [3.63, 3.8) is 0 Å². The van der Waals surface area contributed by atoms with Crippen molar-refractivity contribution in [3.8, 4) is 0 Å². The van der Waals surface area contributed by atoms with E-state index in [1.165, 1.54) is 16.9 Å². The molecule has 3 rings (SSSR count).